The number of benzene rings is 2. The van der Waals surface area contributed by atoms with Crippen molar-refractivity contribution in [1.29, 1.82) is 0 Å². The van der Waals surface area contributed by atoms with Gasteiger partial charge >= 0.3 is 0 Å². The maximum absolute atomic E-state index is 12.4. The molecular weight excluding hydrogens is 278 g/mol. The Balaban J connectivity index is 2.06. The average molecular weight is 295 g/mol. The third-order valence-electron chi connectivity index (χ3n) is 3.69. The van der Waals surface area contributed by atoms with E-state index in [1.807, 2.05) is 37.3 Å². The van der Waals surface area contributed by atoms with Crippen LogP contribution < -0.4 is 9.64 Å². The third kappa shape index (κ3) is 2.33. The number of hydrogen-bond donors (Lipinski definition) is 1. The van der Waals surface area contributed by atoms with Gasteiger partial charge in [0, 0.05) is 18.2 Å². The quantitative estimate of drug-likeness (QED) is 0.884. The van der Waals surface area contributed by atoms with Crippen LogP contribution in [-0.2, 0) is 4.79 Å². The molecule has 22 heavy (non-hydrogen) atoms. The highest BCUT2D eigenvalue weighted by Crippen LogP contribution is 2.37. The number of carbonyl (C=O) groups excluding carboxylic acids is 1. The van der Waals surface area contributed by atoms with E-state index < -0.39 is 0 Å². The predicted molar refractivity (Wildman–Crippen MR) is 87.0 cm³/mol. The molecule has 2 aromatic rings. The van der Waals surface area contributed by atoms with Crippen LogP contribution in [0.25, 0.3) is 11.6 Å². The minimum absolute atomic E-state index is 0.0350. The number of fused-ring (bicyclic) bond motifs is 1. The molecule has 0 unspecified atom stereocenters. The van der Waals surface area contributed by atoms with E-state index in [2.05, 4.69) is 0 Å². The fourth-order valence-electron chi connectivity index (χ4n) is 2.60. The van der Waals surface area contributed by atoms with Gasteiger partial charge in [-0.3, -0.25) is 4.79 Å². The number of anilines is 1. The zero-order valence-corrected chi connectivity index (χ0v) is 12.5. The summed E-state index contributed by atoms with van der Waals surface area (Å²) in [5.74, 6) is 0.482. The van der Waals surface area contributed by atoms with Crippen molar-refractivity contribution >= 4 is 23.2 Å². The van der Waals surface area contributed by atoms with E-state index in [4.69, 9.17) is 4.74 Å². The Morgan fingerprint density at radius 3 is 2.77 bits per heavy atom. The lowest BCUT2D eigenvalue weighted by Gasteiger charge is -2.08. The predicted octanol–water partition coefficient (Wildman–Crippen LogP) is 3.31. The van der Waals surface area contributed by atoms with Gasteiger partial charge in [0.05, 0.1) is 12.3 Å². The molecule has 0 saturated carbocycles. The number of hydrogen-bond acceptors (Lipinski definition) is 3. The average Bonchev–Trinajstić information content (AvgIpc) is 2.76. The van der Waals surface area contributed by atoms with Crippen molar-refractivity contribution in [2.24, 2.45) is 0 Å². The molecule has 1 amide bonds. The Kier molecular flexibility index (Phi) is 3.59. The lowest BCUT2D eigenvalue weighted by molar-refractivity contribution is -0.112. The van der Waals surface area contributed by atoms with Crippen molar-refractivity contribution in [3.63, 3.8) is 0 Å². The number of phenolic OH excluding ortho intramolecular Hbond substituents is 1. The van der Waals surface area contributed by atoms with Crippen molar-refractivity contribution < 1.29 is 14.6 Å². The lowest BCUT2D eigenvalue weighted by Crippen LogP contribution is -2.20. The first-order valence-electron chi connectivity index (χ1n) is 7.16. The molecule has 4 heteroatoms. The topological polar surface area (TPSA) is 49.8 Å². The molecular formula is C18H17NO3. The Labute approximate surface area is 129 Å². The van der Waals surface area contributed by atoms with E-state index in [1.54, 1.807) is 30.1 Å². The second-order valence-corrected chi connectivity index (χ2v) is 5.10. The maximum atomic E-state index is 12.4. The summed E-state index contributed by atoms with van der Waals surface area (Å²) in [6.45, 7) is 2.33. The molecule has 0 spiro atoms. The molecule has 0 saturated heterocycles. The Hall–Kier alpha value is -2.75. The lowest BCUT2D eigenvalue weighted by atomic mass is 10.0. The van der Waals surface area contributed by atoms with Gasteiger partial charge in [-0.2, -0.15) is 0 Å². The summed E-state index contributed by atoms with van der Waals surface area (Å²) in [6.07, 6.45) is 1.83. The number of likely N-dealkylation sites (N-methyl/N-ethyl adjacent to an activating group) is 1. The fourth-order valence-corrected chi connectivity index (χ4v) is 2.60. The minimum Gasteiger partial charge on any atom is -0.504 e. The molecule has 2 aromatic carbocycles. The number of rotatable bonds is 3. The molecule has 112 valence electrons. The Bertz CT molecular complexity index is 765. The molecule has 1 aliphatic heterocycles. The van der Waals surface area contributed by atoms with E-state index in [9.17, 15) is 9.90 Å². The highest BCUT2D eigenvalue weighted by Gasteiger charge is 2.28. The van der Waals surface area contributed by atoms with Crippen LogP contribution in [0.2, 0.25) is 0 Å². The summed E-state index contributed by atoms with van der Waals surface area (Å²) in [5, 5.41) is 9.76. The van der Waals surface area contributed by atoms with Crippen LogP contribution in [0.15, 0.2) is 42.5 Å². The molecule has 0 fully saturated rings. The summed E-state index contributed by atoms with van der Waals surface area (Å²) in [5.41, 5.74) is 3.28. The second-order valence-electron chi connectivity index (χ2n) is 5.10. The van der Waals surface area contributed by atoms with E-state index >= 15 is 0 Å². The van der Waals surface area contributed by atoms with Crippen molar-refractivity contribution in [2.45, 2.75) is 6.92 Å². The van der Waals surface area contributed by atoms with Crippen LogP contribution in [0.5, 0.6) is 11.5 Å². The van der Waals surface area contributed by atoms with Crippen LogP contribution >= 0.6 is 0 Å². The number of phenols is 1. The van der Waals surface area contributed by atoms with Crippen molar-refractivity contribution in [2.75, 3.05) is 18.6 Å². The highest BCUT2D eigenvalue weighted by molar-refractivity contribution is 6.35. The summed E-state index contributed by atoms with van der Waals surface area (Å²) >= 11 is 0. The molecule has 1 heterocycles. The molecule has 0 bridgehead atoms. The van der Waals surface area contributed by atoms with Gasteiger partial charge in [0.2, 0.25) is 0 Å². The van der Waals surface area contributed by atoms with E-state index in [0.29, 0.717) is 17.9 Å². The second kappa shape index (κ2) is 5.56. The number of ether oxygens (including phenoxy) is 1. The number of amides is 1. The van der Waals surface area contributed by atoms with Crippen molar-refractivity contribution in [3.8, 4) is 11.5 Å². The van der Waals surface area contributed by atoms with Crippen LogP contribution in [0.4, 0.5) is 5.69 Å². The van der Waals surface area contributed by atoms with Gasteiger partial charge in [-0.25, -0.2) is 0 Å². The SMILES string of the molecule is CCOc1cc(/C=C2\C(=O)N(C)c3ccccc32)ccc1O. The standard InChI is InChI=1S/C18H17NO3/c1-3-22-17-11-12(8-9-16(17)20)10-14-13-6-4-5-7-15(13)19(2)18(14)21/h4-11,20H,3H2,1-2H3/b14-10-. The number of aromatic hydroxyl groups is 1. The highest BCUT2D eigenvalue weighted by atomic mass is 16.5. The minimum atomic E-state index is -0.0350. The van der Waals surface area contributed by atoms with Gasteiger partial charge in [0.15, 0.2) is 11.5 Å². The van der Waals surface area contributed by atoms with E-state index in [1.165, 1.54) is 0 Å². The molecule has 0 aromatic heterocycles. The van der Waals surface area contributed by atoms with Gasteiger partial charge in [0.25, 0.3) is 5.91 Å². The van der Waals surface area contributed by atoms with E-state index in [-0.39, 0.29) is 11.7 Å². The zero-order valence-electron chi connectivity index (χ0n) is 12.5. The van der Waals surface area contributed by atoms with Crippen LogP contribution in [0.1, 0.15) is 18.1 Å². The molecule has 4 nitrogen and oxygen atoms in total. The Morgan fingerprint density at radius 1 is 1.23 bits per heavy atom. The first-order chi connectivity index (χ1) is 10.6. The summed E-state index contributed by atoms with van der Waals surface area (Å²) in [4.78, 5) is 14.1. The van der Waals surface area contributed by atoms with Gasteiger partial charge in [0.1, 0.15) is 0 Å². The normalized spacial score (nSPS) is 15.3. The van der Waals surface area contributed by atoms with Crippen molar-refractivity contribution in [1.82, 2.24) is 0 Å². The number of para-hydroxylation sites is 1. The fraction of sp³-hybridized carbons (Fsp3) is 0.167. The van der Waals surface area contributed by atoms with Crippen LogP contribution in [-0.4, -0.2) is 24.7 Å². The maximum Gasteiger partial charge on any atom is 0.258 e. The zero-order chi connectivity index (χ0) is 15.7. The van der Waals surface area contributed by atoms with Gasteiger partial charge in [-0.05, 0) is 36.8 Å². The molecule has 0 radical (unpaired) electrons. The summed E-state index contributed by atoms with van der Waals surface area (Å²) in [7, 11) is 1.77. The summed E-state index contributed by atoms with van der Waals surface area (Å²) < 4.78 is 5.38. The number of carbonyl (C=O) groups is 1. The first-order valence-corrected chi connectivity index (χ1v) is 7.16. The van der Waals surface area contributed by atoms with E-state index in [0.717, 1.165) is 16.8 Å². The first kappa shape index (κ1) is 14.2. The smallest absolute Gasteiger partial charge is 0.258 e. The third-order valence-corrected chi connectivity index (χ3v) is 3.69. The molecule has 0 atom stereocenters. The Morgan fingerprint density at radius 2 is 2.00 bits per heavy atom. The number of nitrogens with zero attached hydrogens (tertiary/aromatic N) is 1. The summed E-state index contributed by atoms with van der Waals surface area (Å²) in [6, 6.07) is 12.8. The van der Waals surface area contributed by atoms with Crippen molar-refractivity contribution in [3.05, 3.63) is 53.6 Å². The van der Waals surface area contributed by atoms with Crippen LogP contribution in [0, 0.1) is 0 Å². The van der Waals surface area contributed by atoms with Gasteiger partial charge < -0.3 is 14.7 Å². The molecule has 1 N–H and O–H groups in total. The molecule has 1 aliphatic rings. The molecule has 3 rings (SSSR count). The van der Waals surface area contributed by atoms with Crippen LogP contribution in [0.3, 0.4) is 0 Å². The molecule has 0 aliphatic carbocycles. The largest absolute Gasteiger partial charge is 0.504 e. The monoisotopic (exact) mass is 295 g/mol. The van der Waals surface area contributed by atoms with Gasteiger partial charge in [-0.15, -0.1) is 0 Å². The van der Waals surface area contributed by atoms with Gasteiger partial charge in [-0.1, -0.05) is 24.3 Å².